The molecule has 5 rings (SSSR count). The van der Waals surface area contributed by atoms with Gasteiger partial charge in [-0.15, -0.1) is 0 Å². The molecule has 0 N–H and O–H groups in total. The lowest BCUT2D eigenvalue weighted by molar-refractivity contribution is -0.138. The molecular weight excluding hydrogens is 478 g/mol. The first kappa shape index (κ1) is 23.5. The first-order chi connectivity index (χ1) is 17.4. The van der Waals surface area contributed by atoms with Crippen LogP contribution in [0.4, 0.5) is 5.69 Å². The number of methoxy groups -OCH3 is 1. The number of hydrogen-bond acceptors (Lipinski definition) is 7. The lowest BCUT2D eigenvalue weighted by atomic mass is 9.96. The molecule has 3 heterocycles. The van der Waals surface area contributed by atoms with Crippen molar-refractivity contribution in [3.63, 3.8) is 0 Å². The van der Waals surface area contributed by atoms with Crippen LogP contribution in [0.25, 0.3) is 5.57 Å². The maximum atomic E-state index is 14.0. The van der Waals surface area contributed by atoms with Gasteiger partial charge in [0.05, 0.1) is 35.7 Å². The maximum Gasteiger partial charge on any atom is 0.338 e. The number of thiazole rings is 1. The molecule has 9 heteroatoms. The van der Waals surface area contributed by atoms with Gasteiger partial charge >= 0.3 is 5.97 Å². The van der Waals surface area contributed by atoms with Crippen molar-refractivity contribution in [3.05, 3.63) is 103 Å². The normalized spacial score (nSPS) is 17.9. The summed E-state index contributed by atoms with van der Waals surface area (Å²) in [5.74, 6) is -0.207. The van der Waals surface area contributed by atoms with E-state index in [1.54, 1.807) is 45.3 Å². The van der Waals surface area contributed by atoms with Crippen LogP contribution < -0.4 is 24.5 Å². The van der Waals surface area contributed by atoms with Crippen LogP contribution in [0.2, 0.25) is 0 Å². The smallest absolute Gasteiger partial charge is 0.338 e. The van der Waals surface area contributed by atoms with E-state index < -0.39 is 17.6 Å². The van der Waals surface area contributed by atoms with Crippen molar-refractivity contribution in [1.82, 2.24) is 4.57 Å². The fraction of sp³-hybridized carbons (Fsp3) is 0.185. The van der Waals surface area contributed by atoms with Crippen molar-refractivity contribution in [2.24, 2.45) is 4.99 Å². The van der Waals surface area contributed by atoms with E-state index >= 15 is 0 Å². The zero-order chi connectivity index (χ0) is 25.6. The molecule has 36 heavy (non-hydrogen) atoms. The number of amides is 1. The minimum absolute atomic E-state index is 0.0249. The predicted octanol–water partition coefficient (Wildman–Crippen LogP) is 2.32. The molecule has 1 aromatic heterocycles. The molecule has 8 nitrogen and oxygen atoms in total. The van der Waals surface area contributed by atoms with Crippen LogP contribution in [0, 0.1) is 0 Å². The maximum absolute atomic E-state index is 14.0. The third-order valence-electron chi connectivity index (χ3n) is 6.26. The monoisotopic (exact) mass is 501 g/mol. The Balaban J connectivity index is 1.79. The summed E-state index contributed by atoms with van der Waals surface area (Å²) in [5, 5.41) is 0. The van der Waals surface area contributed by atoms with Gasteiger partial charge in [-0.25, -0.2) is 9.79 Å². The Hall–Kier alpha value is -4.24. The first-order valence-corrected chi connectivity index (χ1v) is 12.0. The Morgan fingerprint density at radius 3 is 2.58 bits per heavy atom. The number of para-hydroxylation sites is 1. The highest BCUT2D eigenvalue weighted by Gasteiger charge is 2.36. The minimum Gasteiger partial charge on any atom is -0.497 e. The minimum atomic E-state index is -0.789. The Kier molecular flexibility index (Phi) is 5.93. The molecule has 0 radical (unpaired) electrons. The Labute approximate surface area is 210 Å². The zero-order valence-electron chi connectivity index (χ0n) is 20.0. The summed E-state index contributed by atoms with van der Waals surface area (Å²) in [6.07, 6.45) is 1.48. The number of likely N-dealkylation sites (N-methyl/N-ethyl adjacent to an activating group) is 1. The van der Waals surface area contributed by atoms with Crippen LogP contribution in [-0.2, 0) is 14.3 Å². The number of ether oxygens (including phenoxy) is 2. The zero-order valence-corrected chi connectivity index (χ0v) is 20.8. The number of aromatic nitrogens is 1. The molecule has 1 amide bonds. The molecule has 0 saturated carbocycles. The highest BCUT2D eigenvalue weighted by atomic mass is 32.1. The fourth-order valence-electron chi connectivity index (χ4n) is 4.54. The van der Waals surface area contributed by atoms with Crippen molar-refractivity contribution in [1.29, 1.82) is 0 Å². The lowest BCUT2D eigenvalue weighted by Gasteiger charge is -2.24. The predicted molar refractivity (Wildman–Crippen MR) is 137 cm³/mol. The molecule has 0 aliphatic carbocycles. The van der Waals surface area contributed by atoms with Crippen LogP contribution in [0.5, 0.6) is 5.75 Å². The molecule has 2 aliphatic heterocycles. The van der Waals surface area contributed by atoms with E-state index in [1.807, 2.05) is 24.3 Å². The second-order valence-corrected chi connectivity index (χ2v) is 9.30. The van der Waals surface area contributed by atoms with Gasteiger partial charge in [-0.1, -0.05) is 54.3 Å². The van der Waals surface area contributed by atoms with E-state index in [-0.39, 0.29) is 22.6 Å². The van der Waals surface area contributed by atoms with E-state index in [0.29, 0.717) is 32.9 Å². The number of hydrogen-bond donors (Lipinski definition) is 0. The topological polar surface area (TPSA) is 90.2 Å². The molecule has 2 aliphatic rings. The molecule has 0 unspecified atom stereocenters. The van der Waals surface area contributed by atoms with E-state index in [4.69, 9.17) is 9.47 Å². The van der Waals surface area contributed by atoms with Crippen molar-refractivity contribution in [2.45, 2.75) is 13.0 Å². The highest BCUT2D eigenvalue weighted by Crippen LogP contribution is 2.35. The Bertz CT molecular complexity index is 1630. The summed E-state index contributed by atoms with van der Waals surface area (Å²) in [7, 11) is 3.25. The first-order valence-electron chi connectivity index (χ1n) is 11.2. The SMILES string of the molecule is C=CCOC(=O)C1=C(C)N=c2s/c(=C3\C(=O)N(C)c4ccccc43)c(=O)n2[C@H]1c1ccc(OC)cc1. The third-order valence-corrected chi connectivity index (χ3v) is 7.31. The van der Waals surface area contributed by atoms with Gasteiger partial charge in [0, 0.05) is 12.6 Å². The van der Waals surface area contributed by atoms with Crippen LogP contribution in [-0.4, -0.2) is 37.2 Å². The average Bonchev–Trinajstić information content (AvgIpc) is 3.34. The van der Waals surface area contributed by atoms with Crippen molar-refractivity contribution >= 4 is 34.5 Å². The summed E-state index contributed by atoms with van der Waals surface area (Å²) in [5.41, 5.74) is 2.75. The van der Waals surface area contributed by atoms with Gasteiger partial charge in [-0.05, 0) is 30.7 Å². The van der Waals surface area contributed by atoms with E-state index in [1.165, 1.54) is 15.5 Å². The van der Waals surface area contributed by atoms with Crippen LogP contribution in [0.15, 0.2) is 82.2 Å². The highest BCUT2D eigenvalue weighted by molar-refractivity contribution is 7.07. The van der Waals surface area contributed by atoms with Gasteiger partial charge in [0.1, 0.15) is 16.9 Å². The molecule has 182 valence electrons. The number of benzene rings is 2. The number of fused-ring (bicyclic) bond motifs is 2. The number of carbonyl (C=O) groups is 2. The van der Waals surface area contributed by atoms with Crippen molar-refractivity contribution in [2.75, 3.05) is 25.7 Å². The molecule has 2 aromatic carbocycles. The van der Waals surface area contributed by atoms with E-state index in [9.17, 15) is 14.4 Å². The largest absolute Gasteiger partial charge is 0.497 e. The van der Waals surface area contributed by atoms with Gasteiger partial charge in [0.2, 0.25) is 0 Å². The van der Waals surface area contributed by atoms with E-state index in [0.717, 1.165) is 17.0 Å². The molecule has 1 atom stereocenters. The molecule has 0 bridgehead atoms. The van der Waals surface area contributed by atoms with Crippen molar-refractivity contribution in [3.8, 4) is 5.75 Å². The van der Waals surface area contributed by atoms with Crippen LogP contribution >= 0.6 is 11.3 Å². The summed E-state index contributed by atoms with van der Waals surface area (Å²) in [6, 6.07) is 13.7. The summed E-state index contributed by atoms with van der Waals surface area (Å²) < 4.78 is 12.4. The van der Waals surface area contributed by atoms with E-state index in [2.05, 4.69) is 11.6 Å². The van der Waals surface area contributed by atoms with Gasteiger partial charge in [-0.3, -0.25) is 14.2 Å². The second kappa shape index (κ2) is 9.09. The number of rotatable bonds is 5. The number of anilines is 1. The van der Waals surface area contributed by atoms with Gasteiger partial charge in [-0.2, -0.15) is 0 Å². The number of carbonyl (C=O) groups excluding carboxylic acids is 2. The van der Waals surface area contributed by atoms with Gasteiger partial charge in [0.15, 0.2) is 4.80 Å². The number of esters is 1. The van der Waals surface area contributed by atoms with Gasteiger partial charge in [0.25, 0.3) is 11.5 Å². The summed E-state index contributed by atoms with van der Waals surface area (Å²) in [4.78, 5) is 46.8. The van der Waals surface area contributed by atoms with Gasteiger partial charge < -0.3 is 14.4 Å². The summed E-state index contributed by atoms with van der Waals surface area (Å²) in [6.45, 7) is 5.34. The standard InChI is InChI=1S/C27H23N3O5S/c1-5-14-35-26(33)20-15(2)28-27-30(22(20)16-10-12-17(34-4)13-11-16)25(32)23(36-27)21-18-8-6-7-9-19(18)29(3)24(21)31/h5-13,22H,1,14H2,2-4H3/b23-21-/t22-/m0/s1. The molecular formula is C27H23N3O5S. The number of nitrogens with zero attached hydrogens (tertiary/aromatic N) is 3. The second-order valence-electron chi connectivity index (χ2n) is 8.32. The average molecular weight is 502 g/mol. The molecule has 3 aromatic rings. The Morgan fingerprint density at radius 1 is 1.17 bits per heavy atom. The van der Waals surface area contributed by atoms with Crippen LogP contribution in [0.1, 0.15) is 24.1 Å². The number of allylic oxidation sites excluding steroid dienone is 1. The molecule has 0 spiro atoms. The molecule has 0 saturated heterocycles. The summed E-state index contributed by atoms with van der Waals surface area (Å²) >= 11 is 1.14. The lowest BCUT2D eigenvalue weighted by Crippen LogP contribution is -2.40. The fourth-order valence-corrected chi connectivity index (χ4v) is 5.67. The Morgan fingerprint density at radius 2 is 1.89 bits per heavy atom. The van der Waals surface area contributed by atoms with Crippen LogP contribution in [0.3, 0.4) is 0 Å². The third kappa shape index (κ3) is 3.59. The molecule has 0 fully saturated rings. The quantitative estimate of drug-likeness (QED) is 0.395. The van der Waals surface area contributed by atoms with Crippen molar-refractivity contribution < 1.29 is 19.1 Å².